The molecule has 0 atom stereocenters. The lowest BCUT2D eigenvalue weighted by Crippen LogP contribution is -1.98. The van der Waals surface area contributed by atoms with Gasteiger partial charge in [0.05, 0.1) is 13.9 Å². The standard InChI is InChI=1S/C13H9Br2NO3/c14-10-6-5-9(7-12(10)16(17)18)8-19-13-4-2-1-3-11(13)15/h1-7H,8H2. The summed E-state index contributed by atoms with van der Waals surface area (Å²) in [6, 6.07) is 12.4. The van der Waals surface area contributed by atoms with Crippen LogP contribution >= 0.6 is 31.9 Å². The van der Waals surface area contributed by atoms with Gasteiger partial charge in [-0.25, -0.2) is 0 Å². The lowest BCUT2D eigenvalue weighted by Gasteiger charge is -2.08. The Bertz CT molecular complexity index is 617. The minimum absolute atomic E-state index is 0.0354. The van der Waals surface area contributed by atoms with Crippen LogP contribution in [0.1, 0.15) is 5.56 Å². The second-order valence-corrected chi connectivity index (χ2v) is 5.47. The molecule has 0 spiro atoms. The molecule has 0 heterocycles. The van der Waals surface area contributed by atoms with Gasteiger partial charge in [-0.1, -0.05) is 18.2 Å². The van der Waals surface area contributed by atoms with E-state index in [-0.39, 0.29) is 12.3 Å². The number of nitrogens with zero attached hydrogens (tertiary/aromatic N) is 1. The molecule has 19 heavy (non-hydrogen) atoms. The van der Waals surface area contributed by atoms with Gasteiger partial charge in [0, 0.05) is 6.07 Å². The van der Waals surface area contributed by atoms with E-state index in [1.54, 1.807) is 12.1 Å². The van der Waals surface area contributed by atoms with E-state index in [1.807, 2.05) is 24.3 Å². The molecule has 0 saturated heterocycles. The van der Waals surface area contributed by atoms with E-state index >= 15 is 0 Å². The molecule has 0 aliphatic rings. The van der Waals surface area contributed by atoms with Gasteiger partial charge in [-0.3, -0.25) is 10.1 Å². The average molecular weight is 387 g/mol. The molecule has 0 aliphatic carbocycles. The second kappa shape index (κ2) is 6.16. The van der Waals surface area contributed by atoms with E-state index in [1.165, 1.54) is 6.07 Å². The quantitative estimate of drug-likeness (QED) is 0.565. The number of para-hydroxylation sites is 1. The summed E-state index contributed by atoms with van der Waals surface area (Å²) in [4.78, 5) is 10.4. The average Bonchev–Trinajstić information content (AvgIpc) is 2.39. The maximum absolute atomic E-state index is 10.8. The number of hydrogen-bond acceptors (Lipinski definition) is 3. The Kier molecular flexibility index (Phi) is 4.55. The molecule has 2 rings (SSSR count). The molecule has 0 aromatic heterocycles. The van der Waals surface area contributed by atoms with Gasteiger partial charge in [0.15, 0.2) is 0 Å². The first-order valence-electron chi connectivity index (χ1n) is 5.38. The highest BCUT2D eigenvalue weighted by molar-refractivity contribution is 9.11. The fourth-order valence-electron chi connectivity index (χ4n) is 1.51. The van der Waals surface area contributed by atoms with Crippen LogP contribution in [0.25, 0.3) is 0 Å². The van der Waals surface area contributed by atoms with E-state index in [0.29, 0.717) is 10.2 Å². The molecule has 2 aromatic carbocycles. The number of nitro benzene ring substituents is 1. The zero-order valence-corrected chi connectivity index (χ0v) is 12.8. The van der Waals surface area contributed by atoms with Gasteiger partial charge in [-0.05, 0) is 55.6 Å². The van der Waals surface area contributed by atoms with Crippen LogP contribution in [0, 0.1) is 10.1 Å². The summed E-state index contributed by atoms with van der Waals surface area (Å²) in [7, 11) is 0. The van der Waals surface area contributed by atoms with Gasteiger partial charge >= 0.3 is 0 Å². The maximum atomic E-state index is 10.8. The number of halogens is 2. The van der Waals surface area contributed by atoms with Crippen molar-refractivity contribution in [1.29, 1.82) is 0 Å². The molecule has 6 heteroatoms. The third kappa shape index (κ3) is 3.54. The van der Waals surface area contributed by atoms with Gasteiger partial charge in [0.25, 0.3) is 5.69 Å². The van der Waals surface area contributed by atoms with Crippen molar-refractivity contribution in [3.63, 3.8) is 0 Å². The first-order valence-corrected chi connectivity index (χ1v) is 6.96. The molecule has 0 unspecified atom stereocenters. The van der Waals surface area contributed by atoms with E-state index in [0.717, 1.165) is 10.0 Å². The number of benzene rings is 2. The van der Waals surface area contributed by atoms with Crippen LogP contribution in [0.4, 0.5) is 5.69 Å². The highest BCUT2D eigenvalue weighted by Gasteiger charge is 2.12. The maximum Gasteiger partial charge on any atom is 0.283 e. The lowest BCUT2D eigenvalue weighted by molar-refractivity contribution is -0.385. The summed E-state index contributed by atoms with van der Waals surface area (Å²) in [6.07, 6.45) is 0. The summed E-state index contributed by atoms with van der Waals surface area (Å²) < 4.78 is 6.92. The van der Waals surface area contributed by atoms with Crippen molar-refractivity contribution in [2.75, 3.05) is 0 Å². The Balaban J connectivity index is 2.14. The van der Waals surface area contributed by atoms with Crippen LogP contribution in [-0.4, -0.2) is 4.92 Å². The van der Waals surface area contributed by atoms with Gasteiger partial charge in [0.2, 0.25) is 0 Å². The first kappa shape index (κ1) is 14.0. The summed E-state index contributed by atoms with van der Waals surface area (Å²) in [5.74, 6) is 0.702. The van der Waals surface area contributed by atoms with E-state index in [4.69, 9.17) is 4.74 Å². The zero-order chi connectivity index (χ0) is 13.8. The largest absolute Gasteiger partial charge is 0.488 e. The molecule has 4 nitrogen and oxygen atoms in total. The van der Waals surface area contributed by atoms with Gasteiger partial charge in [-0.15, -0.1) is 0 Å². The molecule has 0 bridgehead atoms. The van der Waals surface area contributed by atoms with Crippen molar-refractivity contribution in [3.05, 3.63) is 67.1 Å². The monoisotopic (exact) mass is 385 g/mol. The number of hydrogen-bond donors (Lipinski definition) is 0. The van der Waals surface area contributed by atoms with Crippen LogP contribution < -0.4 is 4.74 Å². The molecule has 0 amide bonds. The van der Waals surface area contributed by atoms with E-state index in [2.05, 4.69) is 31.9 Å². The van der Waals surface area contributed by atoms with Gasteiger partial charge < -0.3 is 4.74 Å². The first-order chi connectivity index (χ1) is 9.08. The van der Waals surface area contributed by atoms with Crippen LogP contribution in [0.5, 0.6) is 5.75 Å². The molecule has 2 aromatic rings. The molecule has 0 N–H and O–H groups in total. The number of rotatable bonds is 4. The highest BCUT2D eigenvalue weighted by Crippen LogP contribution is 2.28. The van der Waals surface area contributed by atoms with Gasteiger partial charge in [-0.2, -0.15) is 0 Å². The van der Waals surface area contributed by atoms with Crippen LogP contribution in [0.3, 0.4) is 0 Å². The molecule has 0 saturated carbocycles. The Labute approximate surface area is 126 Å². The predicted molar refractivity (Wildman–Crippen MR) is 79.3 cm³/mol. The number of nitro groups is 1. The second-order valence-electron chi connectivity index (χ2n) is 3.76. The Hall–Kier alpha value is -1.40. The third-order valence-corrected chi connectivity index (χ3v) is 3.76. The van der Waals surface area contributed by atoms with Gasteiger partial charge in [0.1, 0.15) is 12.4 Å². The fourth-order valence-corrected chi connectivity index (χ4v) is 2.30. The van der Waals surface area contributed by atoms with Crippen molar-refractivity contribution in [3.8, 4) is 5.75 Å². The summed E-state index contributed by atoms with van der Waals surface area (Å²) >= 11 is 6.53. The summed E-state index contributed by atoms with van der Waals surface area (Å²) in [5.41, 5.74) is 0.777. The normalized spacial score (nSPS) is 10.2. The topological polar surface area (TPSA) is 52.4 Å². The fraction of sp³-hybridized carbons (Fsp3) is 0.0769. The molecule has 0 radical (unpaired) electrons. The van der Waals surface area contributed by atoms with Crippen molar-refractivity contribution in [2.45, 2.75) is 6.61 Å². The zero-order valence-electron chi connectivity index (χ0n) is 9.68. The van der Waals surface area contributed by atoms with E-state index in [9.17, 15) is 10.1 Å². The van der Waals surface area contributed by atoms with Crippen molar-refractivity contribution >= 4 is 37.5 Å². The van der Waals surface area contributed by atoms with Crippen LogP contribution in [0.2, 0.25) is 0 Å². The Morgan fingerprint density at radius 2 is 1.84 bits per heavy atom. The summed E-state index contributed by atoms with van der Waals surface area (Å²) in [5, 5.41) is 10.8. The van der Waals surface area contributed by atoms with Crippen molar-refractivity contribution < 1.29 is 9.66 Å². The molecular formula is C13H9Br2NO3. The minimum atomic E-state index is -0.425. The van der Waals surface area contributed by atoms with Crippen LogP contribution in [-0.2, 0) is 6.61 Å². The number of ether oxygens (including phenoxy) is 1. The Morgan fingerprint density at radius 3 is 2.53 bits per heavy atom. The molecule has 0 aliphatic heterocycles. The SMILES string of the molecule is O=[N+]([O-])c1cc(COc2ccccc2Br)ccc1Br. The van der Waals surface area contributed by atoms with Crippen molar-refractivity contribution in [2.24, 2.45) is 0 Å². The predicted octanol–water partition coefficient (Wildman–Crippen LogP) is 4.70. The smallest absolute Gasteiger partial charge is 0.283 e. The lowest BCUT2D eigenvalue weighted by atomic mass is 10.2. The minimum Gasteiger partial charge on any atom is -0.488 e. The third-order valence-electron chi connectivity index (χ3n) is 2.44. The summed E-state index contributed by atoms with van der Waals surface area (Å²) in [6.45, 7) is 0.275. The molecule has 0 fully saturated rings. The Morgan fingerprint density at radius 1 is 1.11 bits per heavy atom. The molecule has 98 valence electrons. The molecular weight excluding hydrogens is 378 g/mol. The van der Waals surface area contributed by atoms with E-state index < -0.39 is 4.92 Å². The van der Waals surface area contributed by atoms with Crippen molar-refractivity contribution in [1.82, 2.24) is 0 Å². The van der Waals surface area contributed by atoms with Crippen LogP contribution in [0.15, 0.2) is 51.4 Å². The highest BCUT2D eigenvalue weighted by atomic mass is 79.9.